The monoisotopic (exact) mass is 393 g/mol. The van der Waals surface area contributed by atoms with Crippen LogP contribution in [-0.2, 0) is 10.0 Å². The fourth-order valence-corrected chi connectivity index (χ4v) is 3.53. The third-order valence-electron chi connectivity index (χ3n) is 3.45. The van der Waals surface area contributed by atoms with Crippen LogP contribution in [0.5, 0.6) is 5.75 Å². The summed E-state index contributed by atoms with van der Waals surface area (Å²) in [5.41, 5.74) is 0.0732. The molecule has 2 rings (SSSR count). The lowest BCUT2D eigenvalue weighted by Gasteiger charge is -2.11. The Bertz CT molecular complexity index is 955. The third-order valence-corrected chi connectivity index (χ3v) is 5.13. The first-order chi connectivity index (χ1) is 12.6. The van der Waals surface area contributed by atoms with Crippen molar-refractivity contribution in [3.63, 3.8) is 0 Å². The molecule has 0 unspecified atom stereocenters. The van der Waals surface area contributed by atoms with Gasteiger partial charge in [0.15, 0.2) is 0 Å². The minimum absolute atomic E-state index is 0.00938. The summed E-state index contributed by atoms with van der Waals surface area (Å²) in [5, 5.41) is 13.5. The van der Waals surface area contributed by atoms with Gasteiger partial charge in [-0.3, -0.25) is 14.9 Å². The number of carbonyl (C=O) groups excluding carboxylic acids is 1. The van der Waals surface area contributed by atoms with Gasteiger partial charge >= 0.3 is 0 Å². The van der Waals surface area contributed by atoms with Gasteiger partial charge in [-0.1, -0.05) is 0 Å². The van der Waals surface area contributed by atoms with Gasteiger partial charge in [0, 0.05) is 23.9 Å². The van der Waals surface area contributed by atoms with E-state index in [1.54, 1.807) is 13.8 Å². The van der Waals surface area contributed by atoms with Crippen LogP contribution in [0.4, 0.5) is 11.4 Å². The van der Waals surface area contributed by atoms with Crippen molar-refractivity contribution in [2.45, 2.75) is 24.8 Å². The fraction of sp³-hybridized carbons (Fsp3) is 0.235. The molecule has 144 valence electrons. The van der Waals surface area contributed by atoms with Gasteiger partial charge < -0.3 is 10.1 Å². The molecule has 0 aliphatic heterocycles. The number of ether oxygens (including phenoxy) is 1. The van der Waals surface area contributed by atoms with Gasteiger partial charge in [-0.2, -0.15) is 0 Å². The molecule has 0 saturated heterocycles. The minimum atomic E-state index is -3.64. The van der Waals surface area contributed by atoms with Gasteiger partial charge in [0.2, 0.25) is 10.0 Å². The summed E-state index contributed by atoms with van der Waals surface area (Å²) >= 11 is 0. The maximum Gasteiger partial charge on any atom is 0.270 e. The lowest BCUT2D eigenvalue weighted by Crippen LogP contribution is -2.30. The molecule has 0 bridgehead atoms. The Balaban J connectivity index is 2.24. The normalized spacial score (nSPS) is 11.3. The van der Waals surface area contributed by atoms with Crippen LogP contribution < -0.4 is 14.8 Å². The first-order valence-electron chi connectivity index (χ1n) is 7.90. The summed E-state index contributed by atoms with van der Waals surface area (Å²) in [6.07, 6.45) is 0. The molecule has 0 atom stereocenters. The zero-order valence-electron chi connectivity index (χ0n) is 14.9. The summed E-state index contributed by atoms with van der Waals surface area (Å²) in [5.74, 6) is -0.440. The Morgan fingerprint density at radius 1 is 1.15 bits per heavy atom. The molecule has 0 aliphatic carbocycles. The quantitative estimate of drug-likeness (QED) is 0.550. The van der Waals surface area contributed by atoms with Crippen LogP contribution in [-0.4, -0.2) is 32.4 Å². The number of nitrogens with one attached hydrogen (secondary N) is 2. The van der Waals surface area contributed by atoms with Crippen molar-refractivity contribution >= 4 is 27.3 Å². The van der Waals surface area contributed by atoms with Crippen LogP contribution in [0.25, 0.3) is 0 Å². The van der Waals surface area contributed by atoms with Crippen molar-refractivity contribution in [2.75, 3.05) is 12.4 Å². The molecule has 2 aromatic carbocycles. The second-order valence-corrected chi connectivity index (χ2v) is 7.61. The topological polar surface area (TPSA) is 128 Å². The predicted molar refractivity (Wildman–Crippen MR) is 99.5 cm³/mol. The molecular weight excluding hydrogens is 374 g/mol. The maximum absolute atomic E-state index is 12.5. The zero-order chi connectivity index (χ0) is 20.2. The van der Waals surface area contributed by atoms with E-state index in [-0.39, 0.29) is 27.9 Å². The molecule has 0 aliphatic rings. The Kier molecular flexibility index (Phi) is 6.13. The molecule has 2 aromatic rings. The SMILES string of the molecule is COc1ccc([N+](=O)[O-])cc1C(=O)Nc1ccc(S(=O)(=O)NC(C)C)cc1. The number of anilines is 1. The number of nitro benzene ring substituents is 1. The average molecular weight is 393 g/mol. The fourth-order valence-electron chi connectivity index (χ4n) is 2.28. The van der Waals surface area contributed by atoms with Crippen LogP contribution in [0.2, 0.25) is 0 Å². The highest BCUT2D eigenvalue weighted by Crippen LogP contribution is 2.25. The standard InChI is InChI=1S/C17H19N3O6S/c1-11(2)19-27(24,25)14-7-4-12(5-8-14)18-17(21)15-10-13(20(22)23)6-9-16(15)26-3/h4-11,19H,1-3H3,(H,18,21). The van der Waals surface area contributed by atoms with Crippen LogP contribution in [0, 0.1) is 10.1 Å². The van der Waals surface area contributed by atoms with E-state index in [9.17, 15) is 23.3 Å². The Labute approximate surface area is 156 Å². The summed E-state index contributed by atoms with van der Waals surface area (Å²) in [7, 11) is -2.29. The molecule has 0 aromatic heterocycles. The van der Waals surface area contributed by atoms with E-state index in [4.69, 9.17) is 4.74 Å². The van der Waals surface area contributed by atoms with Gasteiger partial charge in [0.25, 0.3) is 11.6 Å². The van der Waals surface area contributed by atoms with Crippen molar-refractivity contribution in [1.82, 2.24) is 4.72 Å². The number of nitrogens with zero attached hydrogens (tertiary/aromatic N) is 1. The molecule has 2 N–H and O–H groups in total. The molecule has 10 heteroatoms. The number of nitro groups is 1. The number of carbonyl (C=O) groups is 1. The number of sulfonamides is 1. The Hall–Kier alpha value is -2.98. The molecule has 0 saturated carbocycles. The van der Waals surface area contributed by atoms with Crippen molar-refractivity contribution in [2.24, 2.45) is 0 Å². The van der Waals surface area contributed by atoms with Gasteiger partial charge in [0.1, 0.15) is 5.75 Å². The summed E-state index contributed by atoms with van der Waals surface area (Å²) < 4.78 is 31.7. The van der Waals surface area contributed by atoms with E-state index in [2.05, 4.69) is 10.0 Å². The Morgan fingerprint density at radius 3 is 2.30 bits per heavy atom. The molecule has 1 amide bonds. The largest absolute Gasteiger partial charge is 0.496 e. The first kappa shape index (κ1) is 20.3. The van der Waals surface area contributed by atoms with Crippen molar-refractivity contribution < 1.29 is 22.9 Å². The number of hydrogen-bond donors (Lipinski definition) is 2. The molecule has 27 heavy (non-hydrogen) atoms. The van der Waals surface area contributed by atoms with Gasteiger partial charge in [-0.25, -0.2) is 13.1 Å². The molecular formula is C17H19N3O6S. The minimum Gasteiger partial charge on any atom is -0.496 e. The summed E-state index contributed by atoms with van der Waals surface area (Å²) in [6.45, 7) is 3.41. The summed E-state index contributed by atoms with van der Waals surface area (Å²) in [4.78, 5) is 22.8. The molecule has 0 radical (unpaired) electrons. The third kappa shape index (κ3) is 5.02. The second kappa shape index (κ2) is 8.14. The predicted octanol–water partition coefficient (Wildman–Crippen LogP) is 2.54. The highest BCUT2D eigenvalue weighted by atomic mass is 32.2. The van der Waals surface area contributed by atoms with Crippen LogP contribution in [0.15, 0.2) is 47.4 Å². The van der Waals surface area contributed by atoms with Gasteiger partial charge in [0.05, 0.1) is 22.5 Å². The van der Waals surface area contributed by atoms with Crippen molar-refractivity contribution in [1.29, 1.82) is 0 Å². The number of rotatable bonds is 7. The molecule has 0 fully saturated rings. The molecule has 9 nitrogen and oxygen atoms in total. The van der Waals surface area contributed by atoms with Gasteiger partial charge in [-0.05, 0) is 44.2 Å². The number of methoxy groups -OCH3 is 1. The van der Waals surface area contributed by atoms with E-state index in [0.29, 0.717) is 5.69 Å². The zero-order valence-corrected chi connectivity index (χ0v) is 15.7. The number of amides is 1. The number of hydrogen-bond acceptors (Lipinski definition) is 6. The molecule has 0 spiro atoms. The lowest BCUT2D eigenvalue weighted by atomic mass is 10.1. The van der Waals surface area contributed by atoms with Crippen LogP contribution in [0.1, 0.15) is 24.2 Å². The highest BCUT2D eigenvalue weighted by Gasteiger charge is 2.19. The number of non-ortho nitro benzene ring substituents is 1. The van der Waals surface area contributed by atoms with Crippen molar-refractivity contribution in [3.05, 3.63) is 58.1 Å². The van der Waals surface area contributed by atoms with Crippen molar-refractivity contribution in [3.8, 4) is 5.75 Å². The lowest BCUT2D eigenvalue weighted by molar-refractivity contribution is -0.384. The van der Waals surface area contributed by atoms with E-state index in [1.165, 1.54) is 43.5 Å². The summed E-state index contributed by atoms with van der Waals surface area (Å²) in [6, 6.07) is 8.98. The van der Waals surface area contributed by atoms with E-state index < -0.39 is 20.9 Å². The maximum atomic E-state index is 12.5. The van der Waals surface area contributed by atoms with Crippen LogP contribution in [0.3, 0.4) is 0 Å². The van der Waals surface area contributed by atoms with Crippen LogP contribution >= 0.6 is 0 Å². The first-order valence-corrected chi connectivity index (χ1v) is 9.38. The molecule has 0 heterocycles. The highest BCUT2D eigenvalue weighted by molar-refractivity contribution is 7.89. The van der Waals surface area contributed by atoms with Gasteiger partial charge in [-0.15, -0.1) is 0 Å². The Morgan fingerprint density at radius 2 is 1.78 bits per heavy atom. The van der Waals surface area contributed by atoms with E-state index in [1.807, 2.05) is 0 Å². The number of benzene rings is 2. The van der Waals surface area contributed by atoms with E-state index in [0.717, 1.165) is 6.07 Å². The second-order valence-electron chi connectivity index (χ2n) is 5.90. The average Bonchev–Trinajstić information content (AvgIpc) is 2.60. The van der Waals surface area contributed by atoms with E-state index >= 15 is 0 Å². The smallest absolute Gasteiger partial charge is 0.270 e.